The van der Waals surface area contributed by atoms with Crippen LogP contribution in [0.3, 0.4) is 0 Å². The number of amides is 2. The van der Waals surface area contributed by atoms with Gasteiger partial charge in [0.15, 0.2) is 0 Å². The fourth-order valence-corrected chi connectivity index (χ4v) is 2.00. The molecule has 0 radical (unpaired) electrons. The predicted octanol–water partition coefficient (Wildman–Crippen LogP) is 1.64. The fourth-order valence-electron chi connectivity index (χ4n) is 2.00. The van der Waals surface area contributed by atoms with Crippen molar-refractivity contribution in [3.63, 3.8) is 0 Å². The van der Waals surface area contributed by atoms with Crippen LogP contribution in [0.2, 0.25) is 0 Å². The van der Waals surface area contributed by atoms with Crippen LogP contribution in [-0.2, 0) is 0 Å². The van der Waals surface area contributed by atoms with Crippen LogP contribution in [0.5, 0.6) is 0 Å². The van der Waals surface area contributed by atoms with Crippen molar-refractivity contribution in [2.45, 2.75) is 0 Å². The summed E-state index contributed by atoms with van der Waals surface area (Å²) < 4.78 is 0. The van der Waals surface area contributed by atoms with Gasteiger partial charge >= 0.3 is 0 Å². The molecule has 0 bridgehead atoms. The molecule has 6 nitrogen and oxygen atoms in total. The molecule has 3 rings (SSSR count). The molecule has 21 heavy (non-hydrogen) atoms. The van der Waals surface area contributed by atoms with Crippen LogP contribution in [-0.4, -0.2) is 21.8 Å². The number of hydrazine groups is 1. The van der Waals surface area contributed by atoms with Crippen molar-refractivity contribution in [2.75, 3.05) is 0 Å². The first-order valence-corrected chi connectivity index (χ1v) is 6.33. The molecular formula is C15H12N4O2. The number of aromatic amines is 1. The molecule has 0 atom stereocenters. The minimum Gasteiger partial charge on any atom is -0.360 e. The molecule has 2 heterocycles. The molecule has 3 N–H and O–H groups in total. The van der Waals surface area contributed by atoms with Gasteiger partial charge in [-0.2, -0.15) is 0 Å². The number of pyridine rings is 1. The van der Waals surface area contributed by atoms with Gasteiger partial charge in [-0.1, -0.05) is 24.3 Å². The van der Waals surface area contributed by atoms with Crippen LogP contribution >= 0.6 is 0 Å². The molecule has 0 aliphatic heterocycles. The van der Waals surface area contributed by atoms with Crippen LogP contribution in [0.15, 0.2) is 54.9 Å². The van der Waals surface area contributed by atoms with Gasteiger partial charge in [0.1, 0.15) is 5.69 Å². The van der Waals surface area contributed by atoms with E-state index in [0.29, 0.717) is 5.56 Å². The smallest absolute Gasteiger partial charge is 0.288 e. The molecule has 3 aromatic rings. The van der Waals surface area contributed by atoms with Crippen LogP contribution in [0.25, 0.3) is 10.9 Å². The lowest BCUT2D eigenvalue weighted by Crippen LogP contribution is -2.41. The zero-order chi connectivity index (χ0) is 14.7. The summed E-state index contributed by atoms with van der Waals surface area (Å²) in [5, 5.41) is 0.794. The largest absolute Gasteiger partial charge is 0.360 e. The second-order valence-corrected chi connectivity index (χ2v) is 4.37. The second-order valence-electron chi connectivity index (χ2n) is 4.37. The number of fused-ring (bicyclic) bond motifs is 1. The average Bonchev–Trinajstić information content (AvgIpc) is 2.97. The normalized spacial score (nSPS) is 10.3. The first-order chi connectivity index (χ1) is 10.3. The molecule has 0 fully saturated rings. The Morgan fingerprint density at radius 2 is 1.71 bits per heavy atom. The summed E-state index contributed by atoms with van der Waals surface area (Å²) in [4.78, 5) is 30.8. The fraction of sp³-hybridized carbons (Fsp3) is 0. The van der Waals surface area contributed by atoms with Crippen molar-refractivity contribution in [1.29, 1.82) is 0 Å². The summed E-state index contributed by atoms with van der Waals surface area (Å²) >= 11 is 0. The standard InChI is InChI=1S/C15H12N4O2/c20-14(11-9-17-12-6-2-1-5-10(11)12)18-19-15(21)13-7-3-4-8-16-13/h1-9,17H,(H,18,20)(H,19,21). The molecule has 104 valence electrons. The van der Waals surface area contributed by atoms with E-state index in [1.54, 1.807) is 24.4 Å². The number of H-pyrrole nitrogens is 1. The van der Waals surface area contributed by atoms with Crippen molar-refractivity contribution in [3.05, 3.63) is 66.1 Å². The van der Waals surface area contributed by atoms with E-state index >= 15 is 0 Å². The number of para-hydroxylation sites is 1. The monoisotopic (exact) mass is 280 g/mol. The summed E-state index contributed by atoms with van der Waals surface area (Å²) in [6.07, 6.45) is 3.11. The molecule has 0 aliphatic rings. The molecule has 1 aromatic carbocycles. The summed E-state index contributed by atoms with van der Waals surface area (Å²) in [7, 11) is 0. The van der Waals surface area contributed by atoms with Crippen LogP contribution < -0.4 is 10.9 Å². The molecule has 0 saturated heterocycles. The first kappa shape index (κ1) is 12.9. The Hall–Kier alpha value is -3.15. The third-order valence-electron chi connectivity index (χ3n) is 3.02. The Balaban J connectivity index is 1.71. The maximum absolute atomic E-state index is 12.1. The Labute approximate surface area is 120 Å². The van der Waals surface area contributed by atoms with E-state index < -0.39 is 11.8 Å². The number of carbonyl (C=O) groups is 2. The van der Waals surface area contributed by atoms with Gasteiger partial charge in [-0.15, -0.1) is 0 Å². The van der Waals surface area contributed by atoms with Gasteiger partial charge in [0, 0.05) is 23.3 Å². The lowest BCUT2D eigenvalue weighted by molar-refractivity contribution is 0.0845. The van der Waals surface area contributed by atoms with E-state index in [1.807, 2.05) is 24.3 Å². The number of carbonyl (C=O) groups excluding carboxylic acids is 2. The number of aromatic nitrogens is 2. The van der Waals surface area contributed by atoms with Gasteiger partial charge in [0.2, 0.25) is 0 Å². The molecule has 2 aromatic heterocycles. The maximum Gasteiger partial charge on any atom is 0.288 e. The Morgan fingerprint density at radius 3 is 2.52 bits per heavy atom. The van der Waals surface area contributed by atoms with Crippen LogP contribution in [0.4, 0.5) is 0 Å². The second kappa shape index (κ2) is 5.46. The van der Waals surface area contributed by atoms with Crippen molar-refractivity contribution in [3.8, 4) is 0 Å². The number of rotatable bonds is 2. The number of hydrogen-bond donors (Lipinski definition) is 3. The quantitative estimate of drug-likeness (QED) is 0.624. The van der Waals surface area contributed by atoms with Gasteiger partial charge in [0.25, 0.3) is 11.8 Å². The number of nitrogens with zero attached hydrogens (tertiary/aromatic N) is 1. The minimum absolute atomic E-state index is 0.233. The highest BCUT2D eigenvalue weighted by Crippen LogP contribution is 2.17. The maximum atomic E-state index is 12.1. The number of benzene rings is 1. The first-order valence-electron chi connectivity index (χ1n) is 6.33. The summed E-state index contributed by atoms with van der Waals surface area (Å²) in [6, 6.07) is 12.4. The van der Waals surface area contributed by atoms with Gasteiger partial charge in [0.05, 0.1) is 5.56 Å². The van der Waals surface area contributed by atoms with E-state index in [1.165, 1.54) is 6.20 Å². The molecule has 2 amide bonds. The molecule has 0 spiro atoms. The van der Waals surface area contributed by atoms with Crippen LogP contribution in [0, 0.1) is 0 Å². The summed E-state index contributed by atoms with van der Waals surface area (Å²) in [5.41, 5.74) is 6.27. The van der Waals surface area contributed by atoms with Crippen molar-refractivity contribution in [1.82, 2.24) is 20.8 Å². The minimum atomic E-state index is -0.469. The Morgan fingerprint density at radius 1 is 0.952 bits per heavy atom. The third kappa shape index (κ3) is 2.59. The predicted molar refractivity (Wildman–Crippen MR) is 77.5 cm³/mol. The van der Waals surface area contributed by atoms with Crippen molar-refractivity contribution in [2.24, 2.45) is 0 Å². The van der Waals surface area contributed by atoms with Crippen molar-refractivity contribution < 1.29 is 9.59 Å². The van der Waals surface area contributed by atoms with Gasteiger partial charge in [-0.3, -0.25) is 25.4 Å². The highest BCUT2D eigenvalue weighted by atomic mass is 16.2. The number of hydrogen-bond acceptors (Lipinski definition) is 3. The zero-order valence-electron chi connectivity index (χ0n) is 11.0. The van der Waals surface area contributed by atoms with E-state index in [9.17, 15) is 9.59 Å². The highest BCUT2D eigenvalue weighted by Gasteiger charge is 2.13. The highest BCUT2D eigenvalue weighted by molar-refractivity contribution is 6.07. The SMILES string of the molecule is O=C(NNC(=O)c1c[nH]c2ccccc12)c1ccccn1. The average molecular weight is 280 g/mol. The molecule has 0 unspecified atom stereocenters. The third-order valence-corrected chi connectivity index (χ3v) is 3.02. The lowest BCUT2D eigenvalue weighted by atomic mass is 10.2. The number of nitrogens with one attached hydrogen (secondary N) is 3. The van der Waals surface area contributed by atoms with Gasteiger partial charge < -0.3 is 4.98 Å². The Bertz CT molecular complexity index is 796. The van der Waals surface area contributed by atoms with Crippen LogP contribution in [0.1, 0.15) is 20.8 Å². The molecule has 6 heteroatoms. The molecule has 0 saturated carbocycles. The summed E-state index contributed by atoms with van der Waals surface area (Å²) in [6.45, 7) is 0. The lowest BCUT2D eigenvalue weighted by Gasteiger charge is -2.06. The molecule has 0 aliphatic carbocycles. The molecular weight excluding hydrogens is 268 g/mol. The topological polar surface area (TPSA) is 86.9 Å². The summed E-state index contributed by atoms with van der Waals surface area (Å²) in [5.74, 6) is -0.861. The van der Waals surface area contributed by atoms with Crippen molar-refractivity contribution >= 4 is 22.7 Å². The van der Waals surface area contributed by atoms with E-state index in [4.69, 9.17) is 0 Å². The van der Waals surface area contributed by atoms with E-state index in [2.05, 4.69) is 20.8 Å². The van der Waals surface area contributed by atoms with Gasteiger partial charge in [-0.05, 0) is 18.2 Å². The Kier molecular flexibility index (Phi) is 3.34. The zero-order valence-corrected chi connectivity index (χ0v) is 11.0. The van der Waals surface area contributed by atoms with Gasteiger partial charge in [-0.25, -0.2) is 0 Å². The van der Waals surface area contributed by atoms with E-state index in [0.717, 1.165) is 10.9 Å². The van der Waals surface area contributed by atoms with E-state index in [-0.39, 0.29) is 5.69 Å².